The van der Waals surface area contributed by atoms with Crippen LogP contribution in [0.1, 0.15) is 0 Å². The first-order valence-corrected chi connectivity index (χ1v) is 6.28. The molecular weight excluding hydrogens is 226 g/mol. The van der Waals surface area contributed by atoms with Crippen LogP contribution >= 0.6 is 11.3 Å². The summed E-state index contributed by atoms with van der Waals surface area (Å²) in [4.78, 5) is 0. The van der Waals surface area contributed by atoms with E-state index in [9.17, 15) is 8.42 Å². The second-order valence-corrected chi connectivity index (χ2v) is 5.43. The normalized spacial score (nSPS) is 11.6. The molecule has 8 heteroatoms. The molecule has 0 aliphatic rings. The number of hydrogen-bond donors (Lipinski definition) is 0. The van der Waals surface area contributed by atoms with Crippen LogP contribution in [-0.2, 0) is 14.8 Å². The highest BCUT2D eigenvalue weighted by molar-refractivity contribution is 7.92. The van der Waals surface area contributed by atoms with E-state index in [4.69, 9.17) is 4.74 Å². The van der Waals surface area contributed by atoms with E-state index in [-0.39, 0.29) is 12.4 Å². The molecule has 0 fully saturated rings. The number of anilines is 1. The van der Waals surface area contributed by atoms with Crippen LogP contribution in [0.5, 0.6) is 0 Å². The summed E-state index contributed by atoms with van der Waals surface area (Å²) in [5, 5.41) is 7.60. The Labute approximate surface area is 86.6 Å². The Hall–Kier alpha value is -0.730. The van der Waals surface area contributed by atoms with Crippen molar-refractivity contribution in [3.05, 3.63) is 5.51 Å². The second-order valence-electron chi connectivity index (χ2n) is 2.50. The Kier molecular flexibility index (Phi) is 3.78. The number of rotatable bonds is 5. The van der Waals surface area contributed by atoms with Gasteiger partial charge in [-0.05, 0) is 0 Å². The van der Waals surface area contributed by atoms with E-state index >= 15 is 0 Å². The quantitative estimate of drug-likeness (QED) is 0.718. The molecule has 0 aliphatic heterocycles. The highest BCUT2D eigenvalue weighted by atomic mass is 32.2. The van der Waals surface area contributed by atoms with Crippen LogP contribution in [0.15, 0.2) is 5.51 Å². The number of ether oxygens (including phenoxy) is 1. The zero-order valence-corrected chi connectivity index (χ0v) is 9.51. The lowest BCUT2D eigenvalue weighted by Crippen LogP contribution is -2.30. The molecule has 0 saturated carbocycles. The second kappa shape index (κ2) is 4.67. The van der Waals surface area contributed by atoms with Crippen molar-refractivity contribution in [3.63, 3.8) is 0 Å². The Morgan fingerprint density at radius 1 is 1.64 bits per heavy atom. The van der Waals surface area contributed by atoms with E-state index in [0.29, 0.717) is 5.13 Å². The molecular formula is C6H11N3O3S2. The Morgan fingerprint density at radius 2 is 2.36 bits per heavy atom. The Morgan fingerprint density at radius 3 is 2.86 bits per heavy atom. The maximum Gasteiger partial charge on any atom is 0.238 e. The van der Waals surface area contributed by atoms with Crippen molar-refractivity contribution >= 4 is 26.5 Å². The van der Waals surface area contributed by atoms with Crippen LogP contribution in [0, 0.1) is 0 Å². The van der Waals surface area contributed by atoms with Gasteiger partial charge >= 0.3 is 0 Å². The van der Waals surface area contributed by atoms with Gasteiger partial charge in [0.25, 0.3) is 0 Å². The molecule has 1 heterocycles. The summed E-state index contributed by atoms with van der Waals surface area (Å²) in [6, 6.07) is 0. The largest absolute Gasteiger partial charge is 0.384 e. The molecule has 14 heavy (non-hydrogen) atoms. The van der Waals surface area contributed by atoms with Crippen molar-refractivity contribution in [2.75, 3.05) is 30.8 Å². The fourth-order valence-electron chi connectivity index (χ4n) is 0.749. The minimum absolute atomic E-state index is 0.0560. The SMILES string of the molecule is COCCS(=O)(=O)N(C)c1nncs1. The molecule has 1 rings (SSSR count). The fourth-order valence-corrected chi connectivity index (χ4v) is 2.58. The van der Waals surface area contributed by atoms with E-state index in [1.807, 2.05) is 0 Å². The molecule has 0 N–H and O–H groups in total. The Balaban J connectivity index is 2.73. The van der Waals surface area contributed by atoms with Crippen molar-refractivity contribution in [1.82, 2.24) is 10.2 Å². The predicted octanol–water partition coefficient (Wildman–Crippen LogP) is -0.0495. The number of sulfonamides is 1. The zero-order valence-electron chi connectivity index (χ0n) is 7.87. The summed E-state index contributed by atoms with van der Waals surface area (Å²) < 4.78 is 29.0. The lowest BCUT2D eigenvalue weighted by Gasteiger charge is -2.14. The van der Waals surface area contributed by atoms with Crippen LogP contribution < -0.4 is 4.31 Å². The molecule has 0 saturated heterocycles. The smallest absolute Gasteiger partial charge is 0.238 e. The molecule has 0 aromatic carbocycles. The first-order valence-electron chi connectivity index (χ1n) is 3.79. The minimum atomic E-state index is -3.33. The summed E-state index contributed by atoms with van der Waals surface area (Å²) in [6.07, 6.45) is 0. The van der Waals surface area contributed by atoms with Gasteiger partial charge in [0, 0.05) is 14.2 Å². The molecule has 0 bridgehead atoms. The third-order valence-electron chi connectivity index (χ3n) is 1.58. The molecule has 0 unspecified atom stereocenters. The Bertz CT molecular complexity index is 362. The van der Waals surface area contributed by atoms with Crippen LogP contribution in [0.25, 0.3) is 0 Å². The predicted molar refractivity (Wildman–Crippen MR) is 54.0 cm³/mol. The monoisotopic (exact) mass is 237 g/mol. The molecule has 0 amide bonds. The average Bonchev–Trinajstić information content (AvgIpc) is 2.66. The maximum absolute atomic E-state index is 11.6. The van der Waals surface area contributed by atoms with Crippen LogP contribution in [0.4, 0.5) is 5.13 Å². The van der Waals surface area contributed by atoms with Crippen molar-refractivity contribution in [2.24, 2.45) is 0 Å². The summed E-state index contributed by atoms with van der Waals surface area (Å²) in [6.45, 7) is 0.172. The van der Waals surface area contributed by atoms with E-state index in [1.54, 1.807) is 0 Å². The molecule has 0 spiro atoms. The third kappa shape index (κ3) is 2.63. The lowest BCUT2D eigenvalue weighted by atomic mass is 10.9. The molecule has 6 nitrogen and oxygen atoms in total. The third-order valence-corrected chi connectivity index (χ3v) is 4.15. The van der Waals surface area contributed by atoms with Gasteiger partial charge < -0.3 is 4.74 Å². The average molecular weight is 237 g/mol. The molecule has 1 aromatic rings. The number of methoxy groups -OCH3 is 1. The summed E-state index contributed by atoms with van der Waals surface area (Å²) in [5.41, 5.74) is 1.48. The molecule has 0 radical (unpaired) electrons. The van der Waals surface area contributed by atoms with Crippen molar-refractivity contribution in [1.29, 1.82) is 0 Å². The van der Waals surface area contributed by atoms with Gasteiger partial charge in [-0.1, -0.05) is 11.3 Å². The molecule has 1 aromatic heterocycles. The highest BCUT2D eigenvalue weighted by Crippen LogP contribution is 2.17. The fraction of sp³-hybridized carbons (Fsp3) is 0.667. The van der Waals surface area contributed by atoms with Gasteiger partial charge in [-0.15, -0.1) is 10.2 Å². The van der Waals surface area contributed by atoms with Crippen molar-refractivity contribution in [2.45, 2.75) is 0 Å². The van der Waals surface area contributed by atoms with E-state index in [2.05, 4.69) is 10.2 Å². The topological polar surface area (TPSA) is 72.4 Å². The van der Waals surface area contributed by atoms with Gasteiger partial charge in [0.1, 0.15) is 5.51 Å². The zero-order chi connectivity index (χ0) is 10.6. The number of nitrogens with zero attached hydrogens (tertiary/aromatic N) is 3. The van der Waals surface area contributed by atoms with Gasteiger partial charge in [0.05, 0.1) is 12.4 Å². The van der Waals surface area contributed by atoms with Gasteiger partial charge in [0.15, 0.2) is 0 Å². The van der Waals surface area contributed by atoms with Gasteiger partial charge in [-0.25, -0.2) is 12.7 Å². The molecule has 80 valence electrons. The maximum atomic E-state index is 11.6. The van der Waals surface area contributed by atoms with Crippen LogP contribution in [-0.4, -0.2) is 45.1 Å². The number of aromatic nitrogens is 2. The van der Waals surface area contributed by atoms with E-state index in [0.717, 1.165) is 4.31 Å². The standard InChI is InChI=1S/C6H11N3O3S2/c1-9(6-8-7-5-13-6)14(10,11)4-3-12-2/h5H,3-4H2,1-2H3. The van der Waals surface area contributed by atoms with Crippen LogP contribution in [0.2, 0.25) is 0 Å². The number of hydrogen-bond acceptors (Lipinski definition) is 6. The van der Waals surface area contributed by atoms with Gasteiger partial charge in [-0.3, -0.25) is 0 Å². The van der Waals surface area contributed by atoms with Crippen LogP contribution in [0.3, 0.4) is 0 Å². The highest BCUT2D eigenvalue weighted by Gasteiger charge is 2.20. The van der Waals surface area contributed by atoms with Gasteiger partial charge in [-0.2, -0.15) is 0 Å². The van der Waals surface area contributed by atoms with Crippen molar-refractivity contribution in [3.8, 4) is 0 Å². The minimum Gasteiger partial charge on any atom is -0.384 e. The summed E-state index contributed by atoms with van der Waals surface area (Å²) in [5.74, 6) is -0.0560. The van der Waals surface area contributed by atoms with E-state index in [1.165, 1.54) is 31.0 Å². The lowest BCUT2D eigenvalue weighted by molar-refractivity contribution is 0.217. The first-order chi connectivity index (χ1) is 6.58. The summed E-state index contributed by atoms with van der Waals surface area (Å²) >= 11 is 1.18. The summed E-state index contributed by atoms with van der Waals surface area (Å²) in [7, 11) is -0.420. The first kappa shape index (κ1) is 11.3. The van der Waals surface area contributed by atoms with Crippen molar-refractivity contribution < 1.29 is 13.2 Å². The molecule has 0 atom stereocenters. The molecule has 0 aliphatic carbocycles. The van der Waals surface area contributed by atoms with E-state index < -0.39 is 10.0 Å². The van der Waals surface area contributed by atoms with Gasteiger partial charge in [0.2, 0.25) is 15.2 Å².